The van der Waals surface area contributed by atoms with Crippen LogP contribution in [0.5, 0.6) is 0 Å². The van der Waals surface area contributed by atoms with Gasteiger partial charge >= 0.3 is 0 Å². The van der Waals surface area contributed by atoms with Crippen molar-refractivity contribution in [3.63, 3.8) is 0 Å². The molecule has 210 valence electrons. The summed E-state index contributed by atoms with van der Waals surface area (Å²) in [5.41, 5.74) is 8.38. The molecule has 2 N–H and O–H groups in total. The predicted octanol–water partition coefficient (Wildman–Crippen LogP) is 3.73. The van der Waals surface area contributed by atoms with Crippen LogP contribution in [0.2, 0.25) is 10.0 Å². The molecule has 0 spiro atoms. The van der Waals surface area contributed by atoms with E-state index in [2.05, 4.69) is 10.6 Å². The van der Waals surface area contributed by atoms with Crippen molar-refractivity contribution in [3.05, 3.63) is 58.3 Å². The number of piperidine rings is 1. The Morgan fingerprint density at radius 2 is 1.85 bits per heavy atom. The fourth-order valence-corrected chi connectivity index (χ4v) is 8.33. The van der Waals surface area contributed by atoms with Gasteiger partial charge in [0.25, 0.3) is 0 Å². The van der Waals surface area contributed by atoms with Gasteiger partial charge < -0.3 is 19.9 Å². The van der Waals surface area contributed by atoms with Crippen LogP contribution in [0.25, 0.3) is 11.0 Å². The minimum atomic E-state index is -4.02. The number of carbonyl (C=O) groups is 1. The van der Waals surface area contributed by atoms with Crippen molar-refractivity contribution < 1.29 is 17.9 Å². The topological polar surface area (TPSA) is 111 Å². The molecule has 2 aromatic carbocycles. The Bertz CT molecular complexity index is 1440. The Labute approximate surface area is 238 Å². The number of hydrogen-bond donors (Lipinski definition) is 1. The highest BCUT2D eigenvalue weighted by Crippen LogP contribution is 2.35. The summed E-state index contributed by atoms with van der Waals surface area (Å²) in [5.74, 6) is 0.257. The summed E-state index contributed by atoms with van der Waals surface area (Å²) in [6.07, 6.45) is 2.60. The molecular weight excluding hydrogens is 561 g/mol. The number of hydrogen-bond acceptors (Lipinski definition) is 6. The zero-order valence-corrected chi connectivity index (χ0v) is 24.1. The summed E-state index contributed by atoms with van der Waals surface area (Å²) in [6, 6.07) is 12.0. The highest BCUT2D eigenvalue weighted by Gasteiger charge is 2.44. The van der Waals surface area contributed by atoms with Crippen LogP contribution in [-0.4, -0.2) is 79.0 Å². The summed E-state index contributed by atoms with van der Waals surface area (Å²) in [4.78, 5) is 20.4. The lowest BCUT2D eigenvalue weighted by Gasteiger charge is -2.35. The van der Waals surface area contributed by atoms with Crippen LogP contribution < -0.4 is 5.73 Å². The fourth-order valence-electron chi connectivity index (χ4n) is 5.74. The molecule has 2 aliphatic heterocycles. The van der Waals surface area contributed by atoms with E-state index in [1.165, 1.54) is 16.4 Å². The number of halogens is 2. The standard InChI is InChI=1S/C27H33Cl2N5O4S/c1-38-14-6-13-34-24-11-3-2-10-23(24)31-26(34)18-7-5-12-32(15-18)27(35)19-16-33(17-22(19)30)39(36,37)25-20(28)8-4-9-21(25)29/h2-4,8-11,18-19,22H,5-7,12-17,30H2,1H3/t18-,19-,22-/m1/s1. The number of imidazole rings is 1. The smallest absolute Gasteiger partial charge is 0.246 e. The van der Waals surface area contributed by atoms with Crippen molar-refractivity contribution in [1.82, 2.24) is 18.8 Å². The second-order valence-electron chi connectivity index (χ2n) is 10.2. The van der Waals surface area contributed by atoms with Crippen LogP contribution in [-0.2, 0) is 26.1 Å². The van der Waals surface area contributed by atoms with Crippen LogP contribution in [0, 0.1) is 5.92 Å². The third kappa shape index (κ3) is 5.55. The van der Waals surface area contributed by atoms with E-state index in [1.807, 2.05) is 23.1 Å². The first kappa shape index (κ1) is 28.3. The third-order valence-corrected chi connectivity index (χ3v) is 10.5. The maximum atomic E-state index is 13.7. The molecule has 3 atom stereocenters. The number of likely N-dealkylation sites (tertiary alicyclic amines) is 1. The van der Waals surface area contributed by atoms with Crippen molar-refractivity contribution in [2.75, 3.05) is 39.9 Å². The van der Waals surface area contributed by atoms with Crippen LogP contribution in [0.4, 0.5) is 0 Å². The summed E-state index contributed by atoms with van der Waals surface area (Å²) in [6.45, 7) is 2.55. The van der Waals surface area contributed by atoms with Crippen LogP contribution in [0.3, 0.4) is 0 Å². The highest BCUT2D eigenvalue weighted by atomic mass is 35.5. The van der Waals surface area contributed by atoms with Gasteiger partial charge in [-0.15, -0.1) is 0 Å². The normalized spacial score (nSPS) is 22.6. The number of carbonyl (C=O) groups excluding carboxylic acids is 1. The van der Waals surface area contributed by atoms with Crippen LogP contribution in [0.1, 0.15) is 31.0 Å². The minimum absolute atomic E-state index is 0.0133. The maximum absolute atomic E-state index is 13.7. The molecule has 0 aliphatic carbocycles. The second kappa shape index (κ2) is 11.7. The zero-order valence-electron chi connectivity index (χ0n) is 21.8. The van der Waals surface area contributed by atoms with Crippen molar-refractivity contribution in [1.29, 1.82) is 0 Å². The molecule has 0 bridgehead atoms. The van der Waals surface area contributed by atoms with Gasteiger partial charge in [-0.25, -0.2) is 13.4 Å². The molecule has 39 heavy (non-hydrogen) atoms. The Morgan fingerprint density at radius 3 is 2.59 bits per heavy atom. The predicted molar refractivity (Wildman–Crippen MR) is 151 cm³/mol. The number of amides is 1. The Balaban J connectivity index is 1.34. The molecule has 2 fully saturated rings. The number of nitrogens with zero attached hydrogens (tertiary/aromatic N) is 4. The SMILES string of the molecule is COCCCn1c([C@@H]2CCCN(C(=O)[C@@H]3CN(S(=O)(=O)c4c(Cl)cccc4Cl)C[C@H]3N)C2)nc2ccccc21. The van der Waals surface area contributed by atoms with E-state index < -0.39 is 22.0 Å². The lowest BCUT2D eigenvalue weighted by atomic mass is 9.94. The number of fused-ring (bicyclic) bond motifs is 1. The average Bonchev–Trinajstić information content (AvgIpc) is 3.49. The lowest BCUT2D eigenvalue weighted by Crippen LogP contribution is -2.47. The van der Waals surface area contributed by atoms with Gasteiger partial charge in [-0.05, 0) is 43.5 Å². The molecule has 2 aliphatic rings. The minimum Gasteiger partial charge on any atom is -0.385 e. The van der Waals surface area contributed by atoms with E-state index >= 15 is 0 Å². The van der Waals surface area contributed by atoms with Crippen molar-refractivity contribution in [2.45, 2.75) is 42.7 Å². The first-order valence-corrected chi connectivity index (χ1v) is 15.3. The number of ether oxygens (including phenoxy) is 1. The summed E-state index contributed by atoms with van der Waals surface area (Å²) < 4.78 is 35.5. The quantitative estimate of drug-likeness (QED) is 0.398. The first-order valence-electron chi connectivity index (χ1n) is 13.1. The van der Waals surface area contributed by atoms with Gasteiger partial charge in [0.1, 0.15) is 10.7 Å². The molecule has 3 heterocycles. The molecule has 3 aromatic rings. The molecule has 2 saturated heterocycles. The van der Waals surface area contributed by atoms with E-state index in [-0.39, 0.29) is 39.9 Å². The number of aryl methyl sites for hydroxylation is 1. The number of aromatic nitrogens is 2. The molecule has 0 unspecified atom stereocenters. The maximum Gasteiger partial charge on any atom is 0.246 e. The van der Waals surface area contributed by atoms with Gasteiger partial charge in [0.2, 0.25) is 15.9 Å². The van der Waals surface area contributed by atoms with Gasteiger partial charge in [-0.2, -0.15) is 4.31 Å². The highest BCUT2D eigenvalue weighted by molar-refractivity contribution is 7.89. The number of sulfonamides is 1. The van der Waals surface area contributed by atoms with Crippen LogP contribution in [0.15, 0.2) is 47.4 Å². The fraction of sp³-hybridized carbons (Fsp3) is 0.481. The van der Waals surface area contributed by atoms with Gasteiger partial charge in [-0.1, -0.05) is 41.4 Å². The molecule has 1 aromatic heterocycles. The first-order chi connectivity index (χ1) is 18.7. The molecule has 5 rings (SSSR count). The molecule has 0 saturated carbocycles. The second-order valence-corrected chi connectivity index (χ2v) is 12.9. The van der Waals surface area contributed by atoms with Crippen molar-refractivity contribution in [3.8, 4) is 0 Å². The Kier molecular flexibility index (Phi) is 8.51. The zero-order chi connectivity index (χ0) is 27.7. The van der Waals surface area contributed by atoms with E-state index in [9.17, 15) is 13.2 Å². The van der Waals surface area contributed by atoms with Gasteiger partial charge in [-0.3, -0.25) is 4.79 Å². The van der Waals surface area contributed by atoms with Gasteiger partial charge in [0, 0.05) is 58.4 Å². The number of para-hydroxylation sites is 2. The van der Waals surface area contributed by atoms with E-state index in [0.29, 0.717) is 19.7 Å². The summed E-state index contributed by atoms with van der Waals surface area (Å²) >= 11 is 12.4. The van der Waals surface area contributed by atoms with E-state index in [1.54, 1.807) is 13.2 Å². The molecule has 12 heteroatoms. The monoisotopic (exact) mass is 593 g/mol. The summed E-state index contributed by atoms with van der Waals surface area (Å²) in [7, 11) is -2.33. The van der Waals surface area contributed by atoms with Gasteiger partial charge in [0.15, 0.2) is 0 Å². The number of methoxy groups -OCH3 is 1. The number of nitrogens with two attached hydrogens (primary N) is 1. The lowest BCUT2D eigenvalue weighted by molar-refractivity contribution is -0.136. The number of rotatable bonds is 8. The van der Waals surface area contributed by atoms with Crippen LogP contribution >= 0.6 is 23.2 Å². The van der Waals surface area contributed by atoms with Gasteiger partial charge in [0.05, 0.1) is 27.0 Å². The Morgan fingerprint density at radius 1 is 1.10 bits per heavy atom. The van der Waals surface area contributed by atoms with Crippen molar-refractivity contribution in [2.24, 2.45) is 11.7 Å². The molecule has 0 radical (unpaired) electrons. The molecule has 1 amide bonds. The Hall–Kier alpha value is -2.21. The largest absolute Gasteiger partial charge is 0.385 e. The average molecular weight is 595 g/mol. The summed E-state index contributed by atoms with van der Waals surface area (Å²) in [5, 5.41) is 0.0798. The third-order valence-electron chi connectivity index (χ3n) is 7.68. The van der Waals surface area contributed by atoms with Crippen molar-refractivity contribution >= 4 is 50.2 Å². The molecular formula is C27H33Cl2N5O4S. The number of benzene rings is 2. The van der Waals surface area contributed by atoms with E-state index in [4.69, 9.17) is 38.7 Å². The molecule has 9 nitrogen and oxygen atoms in total. The van der Waals surface area contributed by atoms with E-state index in [0.717, 1.165) is 42.7 Å².